The number of hydrogen-bond acceptors (Lipinski definition) is 5. The number of carbonyl (C=O) groups excluding carboxylic acids is 1. The molecule has 0 saturated carbocycles. The summed E-state index contributed by atoms with van der Waals surface area (Å²) in [7, 11) is 1.29. The Labute approximate surface area is 111 Å². The number of nitro benzene ring substituents is 1. The van der Waals surface area contributed by atoms with E-state index in [1.54, 1.807) is 12.1 Å². The molecule has 0 radical (unpaired) electrons. The van der Waals surface area contributed by atoms with E-state index in [1.165, 1.54) is 19.2 Å². The molecule has 1 rings (SSSR count). The molecule has 2 N–H and O–H groups in total. The second-order valence-corrected chi connectivity index (χ2v) is 4.47. The van der Waals surface area contributed by atoms with Crippen LogP contribution in [-0.4, -0.2) is 18.0 Å². The van der Waals surface area contributed by atoms with Gasteiger partial charge >= 0.3 is 5.97 Å². The van der Waals surface area contributed by atoms with E-state index in [-0.39, 0.29) is 12.1 Å². The van der Waals surface area contributed by atoms with E-state index in [2.05, 4.69) is 4.74 Å². The van der Waals surface area contributed by atoms with Gasteiger partial charge < -0.3 is 10.5 Å². The molecule has 1 aromatic carbocycles. The van der Waals surface area contributed by atoms with Crippen LogP contribution in [0.1, 0.15) is 31.7 Å². The number of ether oxygens (including phenoxy) is 1. The van der Waals surface area contributed by atoms with Crippen LogP contribution in [0.15, 0.2) is 24.3 Å². The first-order chi connectivity index (χ1) is 8.92. The van der Waals surface area contributed by atoms with Gasteiger partial charge in [0.2, 0.25) is 0 Å². The highest BCUT2D eigenvalue weighted by Gasteiger charge is 2.31. The number of non-ortho nitro benzene ring substituents is 1. The molecule has 0 aliphatic heterocycles. The molecule has 0 spiro atoms. The third-order valence-corrected chi connectivity index (χ3v) is 3.02. The summed E-state index contributed by atoms with van der Waals surface area (Å²) in [6.07, 6.45) is 1.30. The minimum absolute atomic E-state index is 0.00148. The van der Waals surface area contributed by atoms with Crippen molar-refractivity contribution in [2.45, 2.75) is 31.7 Å². The molecule has 0 aliphatic carbocycles. The molecule has 19 heavy (non-hydrogen) atoms. The highest BCUT2D eigenvalue weighted by atomic mass is 16.6. The fourth-order valence-electron chi connectivity index (χ4n) is 2.04. The molecule has 0 bridgehead atoms. The van der Waals surface area contributed by atoms with Crippen LogP contribution >= 0.6 is 0 Å². The van der Waals surface area contributed by atoms with Crippen LogP contribution < -0.4 is 5.73 Å². The number of rotatable bonds is 6. The molecule has 1 atom stereocenters. The summed E-state index contributed by atoms with van der Waals surface area (Å²) < 4.78 is 4.64. The van der Waals surface area contributed by atoms with E-state index < -0.39 is 16.4 Å². The van der Waals surface area contributed by atoms with E-state index in [0.29, 0.717) is 12.0 Å². The zero-order valence-electron chi connectivity index (χ0n) is 11.1. The van der Waals surface area contributed by atoms with Gasteiger partial charge in [-0.05, 0) is 12.0 Å². The molecule has 0 unspecified atom stereocenters. The molecule has 0 fully saturated rings. The quantitative estimate of drug-likeness (QED) is 0.483. The van der Waals surface area contributed by atoms with Gasteiger partial charge in [0.15, 0.2) is 0 Å². The van der Waals surface area contributed by atoms with Crippen molar-refractivity contribution in [3.05, 3.63) is 39.9 Å². The van der Waals surface area contributed by atoms with Crippen LogP contribution in [0, 0.1) is 10.1 Å². The van der Waals surface area contributed by atoms with Crippen LogP contribution in [-0.2, 0) is 15.1 Å². The van der Waals surface area contributed by atoms with Crippen molar-refractivity contribution in [1.82, 2.24) is 0 Å². The summed E-state index contributed by atoms with van der Waals surface area (Å²) in [6, 6.07) is 6.08. The van der Waals surface area contributed by atoms with Gasteiger partial charge in [-0.3, -0.25) is 14.9 Å². The lowest BCUT2D eigenvalue weighted by atomic mass is 9.83. The molecule has 6 nitrogen and oxygen atoms in total. The number of carbonyl (C=O) groups is 1. The Hall–Kier alpha value is -1.95. The Morgan fingerprint density at radius 2 is 2.21 bits per heavy atom. The maximum Gasteiger partial charge on any atom is 0.307 e. The van der Waals surface area contributed by atoms with Crippen molar-refractivity contribution < 1.29 is 14.5 Å². The van der Waals surface area contributed by atoms with Gasteiger partial charge in [0.05, 0.1) is 24.0 Å². The second kappa shape index (κ2) is 6.29. The number of benzene rings is 1. The topological polar surface area (TPSA) is 95.5 Å². The molecule has 0 saturated heterocycles. The summed E-state index contributed by atoms with van der Waals surface area (Å²) in [5.74, 6) is -0.428. The normalized spacial score (nSPS) is 13.6. The Morgan fingerprint density at radius 1 is 1.53 bits per heavy atom. The van der Waals surface area contributed by atoms with E-state index in [4.69, 9.17) is 5.73 Å². The van der Waals surface area contributed by atoms with Gasteiger partial charge in [0, 0.05) is 12.1 Å². The average Bonchev–Trinajstić information content (AvgIpc) is 2.39. The summed E-state index contributed by atoms with van der Waals surface area (Å²) in [5.41, 5.74) is 5.86. The van der Waals surface area contributed by atoms with Crippen LogP contribution in [0.2, 0.25) is 0 Å². The van der Waals surface area contributed by atoms with Gasteiger partial charge in [0.25, 0.3) is 5.69 Å². The fourth-order valence-corrected chi connectivity index (χ4v) is 2.04. The van der Waals surface area contributed by atoms with Crippen molar-refractivity contribution in [1.29, 1.82) is 0 Å². The molecule has 1 aromatic rings. The number of nitro groups is 1. The molecule has 6 heteroatoms. The van der Waals surface area contributed by atoms with Crippen molar-refractivity contribution in [3.8, 4) is 0 Å². The summed E-state index contributed by atoms with van der Waals surface area (Å²) in [4.78, 5) is 21.8. The summed E-state index contributed by atoms with van der Waals surface area (Å²) >= 11 is 0. The van der Waals surface area contributed by atoms with Crippen molar-refractivity contribution in [3.63, 3.8) is 0 Å². The van der Waals surface area contributed by atoms with Gasteiger partial charge in [-0.25, -0.2) is 0 Å². The minimum atomic E-state index is -0.937. The van der Waals surface area contributed by atoms with E-state index in [0.717, 1.165) is 6.42 Å². The van der Waals surface area contributed by atoms with Gasteiger partial charge in [0.1, 0.15) is 0 Å². The van der Waals surface area contributed by atoms with E-state index >= 15 is 0 Å². The van der Waals surface area contributed by atoms with Crippen LogP contribution in [0.25, 0.3) is 0 Å². The Bertz CT molecular complexity index is 475. The standard InChI is InChI=1S/C13H18N2O4/c1-3-7-13(14,9-12(16)19-2)10-5-4-6-11(8-10)15(17)18/h4-6,8H,3,7,9,14H2,1-2H3/t13-/m0/s1. The van der Waals surface area contributed by atoms with Crippen LogP contribution in [0.5, 0.6) is 0 Å². The predicted molar refractivity (Wildman–Crippen MR) is 70.5 cm³/mol. The Morgan fingerprint density at radius 3 is 2.74 bits per heavy atom. The molecule has 0 heterocycles. The third kappa shape index (κ3) is 3.75. The lowest BCUT2D eigenvalue weighted by molar-refractivity contribution is -0.385. The number of hydrogen-bond donors (Lipinski definition) is 1. The number of methoxy groups -OCH3 is 1. The summed E-state index contributed by atoms with van der Waals surface area (Å²) in [5, 5.41) is 10.8. The number of nitrogens with two attached hydrogens (primary N) is 1. The molecule has 104 valence electrons. The maximum absolute atomic E-state index is 11.5. The Kier molecular flexibility index (Phi) is 5.00. The maximum atomic E-state index is 11.5. The Balaban J connectivity index is 3.13. The third-order valence-electron chi connectivity index (χ3n) is 3.02. The van der Waals surface area contributed by atoms with Crippen molar-refractivity contribution in [2.24, 2.45) is 5.73 Å². The van der Waals surface area contributed by atoms with Gasteiger partial charge in [-0.2, -0.15) is 0 Å². The van der Waals surface area contributed by atoms with Crippen molar-refractivity contribution in [2.75, 3.05) is 7.11 Å². The zero-order chi connectivity index (χ0) is 14.5. The number of esters is 1. The monoisotopic (exact) mass is 266 g/mol. The fraction of sp³-hybridized carbons (Fsp3) is 0.462. The molecule has 0 aliphatic rings. The van der Waals surface area contributed by atoms with E-state index in [1.807, 2.05) is 6.92 Å². The smallest absolute Gasteiger partial charge is 0.307 e. The predicted octanol–water partition coefficient (Wildman–Crippen LogP) is 2.11. The average molecular weight is 266 g/mol. The first-order valence-electron chi connectivity index (χ1n) is 6.03. The highest BCUT2D eigenvalue weighted by molar-refractivity contribution is 5.71. The van der Waals surface area contributed by atoms with Gasteiger partial charge in [-0.1, -0.05) is 25.5 Å². The lowest BCUT2D eigenvalue weighted by Crippen LogP contribution is -2.39. The van der Waals surface area contributed by atoms with Crippen LogP contribution in [0.4, 0.5) is 5.69 Å². The zero-order valence-corrected chi connectivity index (χ0v) is 11.1. The van der Waals surface area contributed by atoms with Crippen LogP contribution in [0.3, 0.4) is 0 Å². The first kappa shape index (κ1) is 15.1. The minimum Gasteiger partial charge on any atom is -0.469 e. The lowest BCUT2D eigenvalue weighted by Gasteiger charge is -2.28. The highest BCUT2D eigenvalue weighted by Crippen LogP contribution is 2.30. The molecule has 0 amide bonds. The second-order valence-electron chi connectivity index (χ2n) is 4.47. The molecular formula is C13H18N2O4. The number of nitrogens with zero attached hydrogens (tertiary/aromatic N) is 1. The largest absolute Gasteiger partial charge is 0.469 e. The SMILES string of the molecule is CCC[C@](N)(CC(=O)OC)c1cccc([N+](=O)[O-])c1. The molecule has 0 aromatic heterocycles. The molecular weight excluding hydrogens is 248 g/mol. The van der Waals surface area contributed by atoms with E-state index in [9.17, 15) is 14.9 Å². The first-order valence-corrected chi connectivity index (χ1v) is 6.03. The van der Waals surface area contributed by atoms with Gasteiger partial charge in [-0.15, -0.1) is 0 Å². The van der Waals surface area contributed by atoms with Crippen molar-refractivity contribution >= 4 is 11.7 Å². The summed E-state index contributed by atoms with van der Waals surface area (Å²) in [6.45, 7) is 1.94.